The quantitative estimate of drug-likeness (QED) is 0.483. The number of ether oxygens (including phenoxy) is 1. The third-order valence-corrected chi connectivity index (χ3v) is 2.92. The number of benzene rings is 1. The van der Waals surface area contributed by atoms with Crippen molar-refractivity contribution in [1.82, 2.24) is 20.2 Å². The molecule has 0 spiro atoms. The molecule has 8 heteroatoms. The minimum Gasteiger partial charge on any atom is -0.425 e. The lowest BCUT2D eigenvalue weighted by atomic mass is 10.3. The van der Waals surface area contributed by atoms with Crippen LogP contribution in [0.5, 0.6) is 5.75 Å². The first-order valence-electron chi connectivity index (χ1n) is 4.95. The summed E-state index contributed by atoms with van der Waals surface area (Å²) in [5.74, 6) is -0.0110. The lowest BCUT2D eigenvalue weighted by molar-refractivity contribution is -0.135. The van der Waals surface area contributed by atoms with Crippen LogP contribution in [0.2, 0.25) is 5.02 Å². The van der Waals surface area contributed by atoms with Gasteiger partial charge in [-0.2, -0.15) is 0 Å². The molecule has 6 nitrogen and oxygen atoms in total. The number of halogens is 1. The van der Waals surface area contributed by atoms with Crippen molar-refractivity contribution in [3.05, 3.63) is 29.3 Å². The standard InChI is InChI=1S/C10H9ClN4O2S/c1-18-10-12-13-14-15(10)6-9(16)17-8-4-2-7(11)3-5-8/h2-5H,6H2,1H3. The van der Waals surface area contributed by atoms with Gasteiger partial charge in [-0.3, -0.25) is 0 Å². The van der Waals surface area contributed by atoms with Crippen LogP contribution in [-0.4, -0.2) is 32.4 Å². The number of aromatic nitrogens is 4. The maximum absolute atomic E-state index is 11.7. The van der Waals surface area contributed by atoms with Crippen molar-refractivity contribution in [3.8, 4) is 5.75 Å². The normalized spacial score (nSPS) is 10.3. The van der Waals surface area contributed by atoms with Gasteiger partial charge in [-0.15, -0.1) is 5.10 Å². The van der Waals surface area contributed by atoms with Gasteiger partial charge in [-0.1, -0.05) is 23.4 Å². The van der Waals surface area contributed by atoms with E-state index in [-0.39, 0.29) is 6.54 Å². The van der Waals surface area contributed by atoms with E-state index in [1.165, 1.54) is 16.4 Å². The molecule has 0 amide bonds. The van der Waals surface area contributed by atoms with Gasteiger partial charge in [0, 0.05) is 5.02 Å². The number of rotatable bonds is 4. The molecule has 0 aliphatic rings. The van der Waals surface area contributed by atoms with E-state index >= 15 is 0 Å². The lowest BCUT2D eigenvalue weighted by Gasteiger charge is -2.04. The third kappa shape index (κ3) is 3.21. The molecule has 0 aliphatic heterocycles. The second-order valence-corrected chi connectivity index (χ2v) is 4.46. The Morgan fingerprint density at radius 1 is 1.44 bits per heavy atom. The van der Waals surface area contributed by atoms with Crippen LogP contribution < -0.4 is 4.74 Å². The number of hydrogen-bond donors (Lipinski definition) is 0. The van der Waals surface area contributed by atoms with Crippen molar-refractivity contribution in [2.24, 2.45) is 0 Å². The summed E-state index contributed by atoms with van der Waals surface area (Å²) in [5, 5.41) is 12.1. The van der Waals surface area contributed by atoms with E-state index in [9.17, 15) is 4.79 Å². The van der Waals surface area contributed by atoms with E-state index < -0.39 is 5.97 Å². The smallest absolute Gasteiger partial charge is 0.333 e. The molecule has 0 radical (unpaired) electrons. The van der Waals surface area contributed by atoms with E-state index in [0.29, 0.717) is 15.9 Å². The number of nitrogens with zero attached hydrogens (tertiary/aromatic N) is 4. The topological polar surface area (TPSA) is 69.9 Å². The number of thioether (sulfide) groups is 1. The highest BCUT2D eigenvalue weighted by Crippen LogP contribution is 2.16. The average molecular weight is 285 g/mol. The molecule has 0 bridgehead atoms. The number of tetrazole rings is 1. The Labute approximate surface area is 112 Å². The monoisotopic (exact) mass is 284 g/mol. The van der Waals surface area contributed by atoms with Crippen molar-refractivity contribution >= 4 is 29.3 Å². The second kappa shape index (κ2) is 5.83. The molecule has 2 aromatic rings. The van der Waals surface area contributed by atoms with Crippen LogP contribution in [0.3, 0.4) is 0 Å². The SMILES string of the molecule is CSc1nnnn1CC(=O)Oc1ccc(Cl)cc1. The molecule has 0 saturated carbocycles. The molecule has 2 rings (SSSR count). The van der Waals surface area contributed by atoms with Gasteiger partial charge in [0.1, 0.15) is 12.3 Å². The minimum atomic E-state index is -0.445. The zero-order chi connectivity index (χ0) is 13.0. The summed E-state index contributed by atoms with van der Waals surface area (Å²) in [4.78, 5) is 11.7. The molecule has 0 unspecified atom stereocenters. The van der Waals surface area contributed by atoms with Gasteiger partial charge in [0.15, 0.2) is 0 Å². The molecule has 1 heterocycles. The van der Waals surface area contributed by atoms with Crippen molar-refractivity contribution in [2.75, 3.05) is 6.26 Å². The Kier molecular flexibility index (Phi) is 4.16. The Morgan fingerprint density at radius 3 is 2.83 bits per heavy atom. The highest BCUT2D eigenvalue weighted by atomic mass is 35.5. The minimum absolute atomic E-state index is 0.0359. The van der Waals surface area contributed by atoms with Gasteiger partial charge in [0.2, 0.25) is 5.16 Å². The molecule has 1 aromatic heterocycles. The molecule has 0 N–H and O–H groups in total. The predicted molar refractivity (Wildman–Crippen MR) is 66.7 cm³/mol. The van der Waals surface area contributed by atoms with E-state index in [1.54, 1.807) is 24.3 Å². The highest BCUT2D eigenvalue weighted by molar-refractivity contribution is 7.98. The van der Waals surface area contributed by atoms with E-state index in [4.69, 9.17) is 16.3 Å². The molecule has 0 fully saturated rings. The number of carbonyl (C=O) groups is 1. The molecule has 1 aromatic carbocycles. The van der Waals surface area contributed by atoms with Gasteiger partial charge in [-0.05, 0) is 40.9 Å². The molecular formula is C10H9ClN4O2S. The summed E-state index contributed by atoms with van der Waals surface area (Å²) in [6, 6.07) is 6.54. The summed E-state index contributed by atoms with van der Waals surface area (Å²) in [7, 11) is 0. The van der Waals surface area contributed by atoms with Crippen LogP contribution in [0.15, 0.2) is 29.4 Å². The Bertz CT molecular complexity index is 543. The van der Waals surface area contributed by atoms with Crippen LogP contribution in [0.4, 0.5) is 0 Å². The van der Waals surface area contributed by atoms with Crippen LogP contribution >= 0.6 is 23.4 Å². The molecule has 94 valence electrons. The molecule has 0 atom stereocenters. The predicted octanol–water partition coefficient (Wildman–Crippen LogP) is 1.65. The summed E-state index contributed by atoms with van der Waals surface area (Å²) in [6.45, 7) is -0.0359. The zero-order valence-corrected chi connectivity index (χ0v) is 11.0. The van der Waals surface area contributed by atoms with Crippen LogP contribution in [0.25, 0.3) is 0 Å². The third-order valence-electron chi connectivity index (χ3n) is 2.01. The summed E-state index contributed by atoms with van der Waals surface area (Å²) in [5.41, 5.74) is 0. The average Bonchev–Trinajstić information content (AvgIpc) is 2.79. The number of carbonyl (C=O) groups excluding carboxylic acids is 1. The van der Waals surface area contributed by atoms with Crippen molar-refractivity contribution < 1.29 is 9.53 Å². The molecular weight excluding hydrogens is 276 g/mol. The zero-order valence-electron chi connectivity index (χ0n) is 9.41. The first-order valence-corrected chi connectivity index (χ1v) is 6.55. The van der Waals surface area contributed by atoms with Gasteiger partial charge in [-0.25, -0.2) is 9.48 Å². The largest absolute Gasteiger partial charge is 0.425 e. The van der Waals surface area contributed by atoms with Crippen LogP contribution in [0, 0.1) is 0 Å². The Morgan fingerprint density at radius 2 is 2.17 bits per heavy atom. The van der Waals surface area contributed by atoms with Crippen molar-refractivity contribution in [1.29, 1.82) is 0 Å². The maximum atomic E-state index is 11.7. The van der Waals surface area contributed by atoms with Crippen LogP contribution in [0.1, 0.15) is 0 Å². The van der Waals surface area contributed by atoms with E-state index in [1.807, 2.05) is 6.26 Å². The fourth-order valence-corrected chi connectivity index (χ4v) is 1.79. The fourth-order valence-electron chi connectivity index (χ4n) is 1.23. The van der Waals surface area contributed by atoms with Crippen molar-refractivity contribution in [3.63, 3.8) is 0 Å². The number of hydrogen-bond acceptors (Lipinski definition) is 6. The number of esters is 1. The maximum Gasteiger partial charge on any atom is 0.333 e. The Hall–Kier alpha value is -1.60. The molecule has 0 saturated heterocycles. The van der Waals surface area contributed by atoms with Gasteiger partial charge < -0.3 is 4.74 Å². The van der Waals surface area contributed by atoms with Gasteiger partial charge >= 0.3 is 5.97 Å². The molecule has 18 heavy (non-hydrogen) atoms. The first-order chi connectivity index (χ1) is 8.69. The van der Waals surface area contributed by atoms with E-state index in [2.05, 4.69) is 15.5 Å². The summed E-state index contributed by atoms with van der Waals surface area (Å²) < 4.78 is 6.50. The van der Waals surface area contributed by atoms with Gasteiger partial charge in [0.25, 0.3) is 0 Å². The second-order valence-electron chi connectivity index (χ2n) is 3.25. The van der Waals surface area contributed by atoms with E-state index in [0.717, 1.165) is 0 Å². The first kappa shape index (κ1) is 12.8. The highest BCUT2D eigenvalue weighted by Gasteiger charge is 2.11. The van der Waals surface area contributed by atoms with Gasteiger partial charge in [0.05, 0.1) is 0 Å². The summed E-state index contributed by atoms with van der Waals surface area (Å²) >= 11 is 7.08. The summed E-state index contributed by atoms with van der Waals surface area (Å²) in [6.07, 6.45) is 1.83. The lowest BCUT2D eigenvalue weighted by Crippen LogP contribution is -2.17. The fraction of sp³-hybridized carbons (Fsp3) is 0.200. The Balaban J connectivity index is 1.99. The van der Waals surface area contributed by atoms with Crippen LogP contribution in [-0.2, 0) is 11.3 Å². The van der Waals surface area contributed by atoms with Crippen molar-refractivity contribution in [2.45, 2.75) is 11.7 Å². The molecule has 0 aliphatic carbocycles.